The quantitative estimate of drug-likeness (QED) is 0.892. The van der Waals surface area contributed by atoms with Crippen molar-refractivity contribution in [1.82, 2.24) is 15.3 Å². The van der Waals surface area contributed by atoms with Crippen LogP contribution < -0.4 is 11.1 Å². The topological polar surface area (TPSA) is 80.9 Å². The van der Waals surface area contributed by atoms with Gasteiger partial charge in [0.15, 0.2) is 0 Å². The maximum atomic E-state index is 12.2. The van der Waals surface area contributed by atoms with Gasteiger partial charge in [-0.3, -0.25) is 9.78 Å². The molecule has 20 heavy (non-hydrogen) atoms. The second-order valence-electron chi connectivity index (χ2n) is 4.61. The molecule has 0 saturated heterocycles. The van der Waals surface area contributed by atoms with Gasteiger partial charge < -0.3 is 11.1 Å². The van der Waals surface area contributed by atoms with E-state index in [4.69, 9.17) is 5.73 Å². The van der Waals surface area contributed by atoms with Gasteiger partial charge in [0.1, 0.15) is 5.82 Å². The highest BCUT2D eigenvalue weighted by molar-refractivity contribution is 5.94. The van der Waals surface area contributed by atoms with Crippen LogP contribution in [-0.2, 0) is 0 Å². The number of nitrogen functional groups attached to an aromatic ring is 1. The Morgan fingerprint density at radius 3 is 2.75 bits per heavy atom. The van der Waals surface area contributed by atoms with Crippen molar-refractivity contribution in [1.29, 1.82) is 0 Å². The van der Waals surface area contributed by atoms with E-state index in [0.717, 1.165) is 17.7 Å². The molecule has 104 valence electrons. The number of amides is 1. The molecule has 0 saturated carbocycles. The third-order valence-electron chi connectivity index (χ3n) is 3.14. The van der Waals surface area contributed by atoms with Crippen LogP contribution in [0, 0.1) is 6.92 Å². The van der Waals surface area contributed by atoms with Gasteiger partial charge in [-0.25, -0.2) is 4.98 Å². The number of nitrogens with zero attached hydrogens (tertiary/aromatic N) is 2. The summed E-state index contributed by atoms with van der Waals surface area (Å²) in [4.78, 5) is 20.5. The normalized spacial score (nSPS) is 11.9. The number of pyridine rings is 2. The highest BCUT2D eigenvalue weighted by Gasteiger charge is 2.16. The summed E-state index contributed by atoms with van der Waals surface area (Å²) in [6.07, 6.45) is 3.98. The lowest BCUT2D eigenvalue weighted by Crippen LogP contribution is -2.29. The Labute approximate surface area is 118 Å². The number of nitrogens with two attached hydrogens (primary N) is 1. The van der Waals surface area contributed by atoms with E-state index < -0.39 is 0 Å². The van der Waals surface area contributed by atoms with E-state index in [-0.39, 0.29) is 11.9 Å². The molecular formula is C15H18N4O. The van der Waals surface area contributed by atoms with E-state index in [1.807, 2.05) is 26.0 Å². The van der Waals surface area contributed by atoms with Gasteiger partial charge in [-0.15, -0.1) is 0 Å². The van der Waals surface area contributed by atoms with Crippen molar-refractivity contribution in [3.63, 3.8) is 0 Å². The average molecular weight is 270 g/mol. The Hall–Kier alpha value is -2.43. The van der Waals surface area contributed by atoms with E-state index in [1.165, 1.54) is 6.20 Å². The summed E-state index contributed by atoms with van der Waals surface area (Å²) >= 11 is 0. The summed E-state index contributed by atoms with van der Waals surface area (Å²) in [5, 5.41) is 2.98. The monoisotopic (exact) mass is 270 g/mol. The van der Waals surface area contributed by atoms with Crippen LogP contribution in [0.1, 0.15) is 41.0 Å². The number of rotatable bonds is 4. The van der Waals surface area contributed by atoms with Crippen molar-refractivity contribution >= 4 is 11.7 Å². The van der Waals surface area contributed by atoms with Crippen LogP contribution in [0.2, 0.25) is 0 Å². The average Bonchev–Trinajstić information content (AvgIpc) is 2.46. The summed E-state index contributed by atoms with van der Waals surface area (Å²) in [7, 11) is 0. The van der Waals surface area contributed by atoms with Gasteiger partial charge in [-0.05, 0) is 37.1 Å². The molecule has 0 aromatic carbocycles. The van der Waals surface area contributed by atoms with E-state index in [2.05, 4.69) is 15.3 Å². The van der Waals surface area contributed by atoms with E-state index in [0.29, 0.717) is 11.4 Å². The molecule has 0 aliphatic heterocycles. The highest BCUT2D eigenvalue weighted by atomic mass is 16.1. The third kappa shape index (κ3) is 3.12. The summed E-state index contributed by atoms with van der Waals surface area (Å²) in [5.41, 5.74) is 7.96. The van der Waals surface area contributed by atoms with Crippen LogP contribution >= 0.6 is 0 Å². The summed E-state index contributed by atoms with van der Waals surface area (Å²) < 4.78 is 0. The number of carbonyl (C=O) groups excluding carboxylic acids is 1. The molecule has 2 aromatic heterocycles. The zero-order valence-electron chi connectivity index (χ0n) is 11.6. The number of aromatic nitrogens is 2. The number of nitrogens with one attached hydrogen (secondary N) is 1. The van der Waals surface area contributed by atoms with Gasteiger partial charge in [-0.1, -0.05) is 13.0 Å². The Bertz CT molecular complexity index is 595. The number of carbonyl (C=O) groups is 1. The van der Waals surface area contributed by atoms with E-state index in [9.17, 15) is 4.79 Å². The van der Waals surface area contributed by atoms with Crippen molar-refractivity contribution < 1.29 is 4.79 Å². The number of hydrogen-bond donors (Lipinski definition) is 2. The summed E-state index contributed by atoms with van der Waals surface area (Å²) in [6.45, 7) is 4.00. The lowest BCUT2D eigenvalue weighted by atomic mass is 10.1. The Morgan fingerprint density at radius 1 is 1.35 bits per heavy atom. The first-order valence-electron chi connectivity index (χ1n) is 6.55. The predicted molar refractivity (Wildman–Crippen MR) is 78.1 cm³/mol. The standard InChI is InChI=1S/C15H18N4O/c1-3-12(14-10(2)5-4-8-17-14)19-15(20)11-6-7-13(16)18-9-11/h4-9,12H,3H2,1-2H3,(H2,16,18)(H,19,20)/t12-/m0/s1. The molecule has 0 unspecified atom stereocenters. The third-order valence-corrected chi connectivity index (χ3v) is 3.14. The molecule has 0 spiro atoms. The van der Waals surface area contributed by atoms with Crippen molar-refractivity contribution in [2.45, 2.75) is 26.3 Å². The maximum absolute atomic E-state index is 12.2. The largest absolute Gasteiger partial charge is 0.384 e. The molecule has 0 aliphatic carbocycles. The van der Waals surface area contributed by atoms with E-state index in [1.54, 1.807) is 18.3 Å². The number of anilines is 1. The molecule has 2 rings (SSSR count). The first kappa shape index (κ1) is 14.0. The Morgan fingerprint density at radius 2 is 2.15 bits per heavy atom. The van der Waals surface area contributed by atoms with Gasteiger partial charge in [0.25, 0.3) is 5.91 Å². The van der Waals surface area contributed by atoms with Gasteiger partial charge in [0, 0.05) is 12.4 Å². The predicted octanol–water partition coefficient (Wildman–Crippen LogP) is 2.25. The molecule has 2 heterocycles. The molecular weight excluding hydrogens is 252 g/mol. The summed E-state index contributed by atoms with van der Waals surface area (Å²) in [5.74, 6) is 0.226. The Balaban J connectivity index is 2.16. The minimum atomic E-state index is -0.172. The van der Waals surface area contributed by atoms with Gasteiger partial charge in [0.2, 0.25) is 0 Å². The van der Waals surface area contributed by atoms with Crippen LogP contribution in [0.4, 0.5) is 5.82 Å². The lowest BCUT2D eigenvalue weighted by molar-refractivity contribution is 0.0934. The molecule has 1 amide bonds. The molecule has 0 bridgehead atoms. The van der Waals surface area contributed by atoms with Crippen LogP contribution in [0.3, 0.4) is 0 Å². The number of hydrogen-bond acceptors (Lipinski definition) is 4. The fourth-order valence-corrected chi connectivity index (χ4v) is 2.01. The van der Waals surface area contributed by atoms with Gasteiger partial charge in [0.05, 0.1) is 17.3 Å². The van der Waals surface area contributed by atoms with Crippen molar-refractivity contribution in [3.05, 3.63) is 53.5 Å². The summed E-state index contributed by atoms with van der Waals surface area (Å²) in [6, 6.07) is 7.04. The molecule has 0 aliphatic rings. The fraction of sp³-hybridized carbons (Fsp3) is 0.267. The first-order valence-corrected chi connectivity index (χ1v) is 6.55. The van der Waals surface area contributed by atoms with Crippen LogP contribution in [0.25, 0.3) is 0 Å². The first-order chi connectivity index (χ1) is 9.61. The Kier molecular flexibility index (Phi) is 4.30. The van der Waals surface area contributed by atoms with Crippen molar-refractivity contribution in [2.24, 2.45) is 0 Å². The zero-order valence-corrected chi connectivity index (χ0v) is 11.6. The molecule has 5 nitrogen and oxygen atoms in total. The lowest BCUT2D eigenvalue weighted by Gasteiger charge is -2.18. The van der Waals surface area contributed by atoms with Crippen molar-refractivity contribution in [2.75, 3.05) is 5.73 Å². The molecule has 1 atom stereocenters. The molecule has 0 fully saturated rings. The molecule has 2 aromatic rings. The minimum Gasteiger partial charge on any atom is -0.384 e. The highest BCUT2D eigenvalue weighted by Crippen LogP contribution is 2.18. The fourth-order valence-electron chi connectivity index (χ4n) is 2.01. The van der Waals surface area contributed by atoms with Crippen molar-refractivity contribution in [3.8, 4) is 0 Å². The zero-order chi connectivity index (χ0) is 14.5. The smallest absolute Gasteiger partial charge is 0.253 e. The SMILES string of the molecule is CC[C@H](NC(=O)c1ccc(N)nc1)c1ncccc1C. The van der Waals surface area contributed by atoms with Crippen LogP contribution in [-0.4, -0.2) is 15.9 Å². The van der Waals surface area contributed by atoms with Gasteiger partial charge >= 0.3 is 0 Å². The van der Waals surface area contributed by atoms with Crippen LogP contribution in [0.15, 0.2) is 36.7 Å². The van der Waals surface area contributed by atoms with E-state index >= 15 is 0 Å². The molecule has 0 radical (unpaired) electrons. The van der Waals surface area contributed by atoms with Crippen LogP contribution in [0.5, 0.6) is 0 Å². The minimum absolute atomic E-state index is 0.110. The molecule has 3 N–H and O–H groups in total. The number of aryl methyl sites for hydroxylation is 1. The second-order valence-corrected chi connectivity index (χ2v) is 4.61. The second kappa shape index (κ2) is 6.14. The molecule has 5 heteroatoms. The maximum Gasteiger partial charge on any atom is 0.253 e. The van der Waals surface area contributed by atoms with Gasteiger partial charge in [-0.2, -0.15) is 0 Å².